The molecule has 1 aromatic rings. The quantitative estimate of drug-likeness (QED) is 0.793. The van der Waals surface area contributed by atoms with Crippen molar-refractivity contribution < 1.29 is 9.90 Å². The van der Waals surface area contributed by atoms with Gasteiger partial charge < -0.3 is 10.4 Å². The smallest absolute Gasteiger partial charge is 0.261 e. The van der Waals surface area contributed by atoms with Crippen molar-refractivity contribution in [2.75, 3.05) is 19.4 Å². The highest BCUT2D eigenvalue weighted by atomic mass is 32.2. The monoisotopic (exact) mass is 297 g/mol. The largest absolute Gasteiger partial charge is 0.395 e. The van der Waals surface area contributed by atoms with Gasteiger partial charge in [0, 0.05) is 18.2 Å². The molecule has 104 valence electrons. The van der Waals surface area contributed by atoms with E-state index in [0.717, 1.165) is 11.3 Å². The zero-order valence-electron chi connectivity index (χ0n) is 11.2. The Hall–Kier alpha value is -0.960. The van der Waals surface area contributed by atoms with Crippen molar-refractivity contribution >= 4 is 29.0 Å². The molecule has 1 amide bonds. The van der Waals surface area contributed by atoms with Crippen LogP contribution in [0.1, 0.15) is 34.3 Å². The Kier molecular flexibility index (Phi) is 7.65. The lowest BCUT2D eigenvalue weighted by Gasteiger charge is -2.08. The molecule has 0 aromatic carbocycles. The van der Waals surface area contributed by atoms with Gasteiger partial charge in [0.25, 0.3) is 5.91 Å². The first-order valence-electron chi connectivity index (χ1n) is 6.18. The van der Waals surface area contributed by atoms with Gasteiger partial charge in [-0.1, -0.05) is 18.8 Å². The molecule has 0 saturated carbocycles. The summed E-state index contributed by atoms with van der Waals surface area (Å²) in [5.41, 5.74) is 0. The maximum absolute atomic E-state index is 11.9. The molecule has 0 aliphatic rings. The van der Waals surface area contributed by atoms with Crippen molar-refractivity contribution in [3.8, 4) is 11.8 Å². The van der Waals surface area contributed by atoms with Crippen LogP contribution in [-0.2, 0) is 0 Å². The lowest BCUT2D eigenvalue weighted by atomic mass is 10.3. The number of thiophene rings is 1. The van der Waals surface area contributed by atoms with Gasteiger partial charge >= 0.3 is 0 Å². The minimum absolute atomic E-state index is 0.0338. The standard InChI is InChI=1S/C14H19NO2S2/c1-11(18-2)8-9-15-14(17)13-7-6-12(19-13)5-3-4-10-16/h6-7,11,16H,4,8-10H2,1-2H3,(H,15,17). The molecule has 1 heterocycles. The first kappa shape index (κ1) is 16.1. The molecule has 1 aromatic heterocycles. The van der Waals surface area contributed by atoms with Crippen molar-refractivity contribution in [2.45, 2.75) is 25.0 Å². The van der Waals surface area contributed by atoms with E-state index in [4.69, 9.17) is 5.11 Å². The molecule has 0 aliphatic heterocycles. The topological polar surface area (TPSA) is 49.3 Å². The Balaban J connectivity index is 2.43. The summed E-state index contributed by atoms with van der Waals surface area (Å²) >= 11 is 3.18. The van der Waals surface area contributed by atoms with E-state index in [9.17, 15) is 4.79 Å². The Morgan fingerprint density at radius 3 is 3.05 bits per heavy atom. The molecule has 19 heavy (non-hydrogen) atoms. The van der Waals surface area contributed by atoms with Crippen molar-refractivity contribution in [1.82, 2.24) is 5.32 Å². The van der Waals surface area contributed by atoms with Crippen molar-refractivity contribution in [3.63, 3.8) is 0 Å². The predicted octanol–water partition coefficient (Wildman–Crippen LogP) is 2.35. The average molecular weight is 297 g/mol. The molecule has 1 unspecified atom stereocenters. The van der Waals surface area contributed by atoms with Crippen LogP contribution >= 0.6 is 23.1 Å². The summed E-state index contributed by atoms with van der Waals surface area (Å²) in [5, 5.41) is 12.1. The summed E-state index contributed by atoms with van der Waals surface area (Å²) in [5.74, 6) is 5.74. The fourth-order valence-electron chi connectivity index (χ4n) is 1.33. The molecule has 3 nitrogen and oxygen atoms in total. The van der Waals surface area contributed by atoms with Gasteiger partial charge in [0.2, 0.25) is 0 Å². The summed E-state index contributed by atoms with van der Waals surface area (Å²) in [4.78, 5) is 13.4. The summed E-state index contributed by atoms with van der Waals surface area (Å²) in [6.07, 6.45) is 3.51. The van der Waals surface area contributed by atoms with Gasteiger partial charge in [-0.05, 0) is 24.8 Å². The van der Waals surface area contributed by atoms with E-state index in [0.29, 0.717) is 23.1 Å². The molecule has 0 radical (unpaired) electrons. The Labute approximate surface area is 122 Å². The molecular formula is C14H19NO2S2. The van der Waals surface area contributed by atoms with Crippen LogP contribution in [0.15, 0.2) is 12.1 Å². The van der Waals surface area contributed by atoms with Crippen LogP contribution in [0.3, 0.4) is 0 Å². The Morgan fingerprint density at radius 2 is 2.37 bits per heavy atom. The Bertz CT molecular complexity index is 460. The normalized spacial score (nSPS) is 11.5. The average Bonchev–Trinajstić information content (AvgIpc) is 2.87. The number of hydrogen-bond acceptors (Lipinski definition) is 4. The number of thioether (sulfide) groups is 1. The number of carbonyl (C=O) groups is 1. The zero-order chi connectivity index (χ0) is 14.1. The maximum atomic E-state index is 11.9. The molecule has 0 spiro atoms. The number of amides is 1. The summed E-state index contributed by atoms with van der Waals surface area (Å²) in [6, 6.07) is 3.63. The molecule has 1 rings (SSSR count). The number of carbonyl (C=O) groups excluding carboxylic acids is 1. The molecule has 0 bridgehead atoms. The van der Waals surface area contributed by atoms with E-state index in [-0.39, 0.29) is 12.5 Å². The third-order valence-electron chi connectivity index (χ3n) is 2.52. The minimum Gasteiger partial charge on any atom is -0.395 e. The van der Waals surface area contributed by atoms with E-state index in [2.05, 4.69) is 30.3 Å². The highest BCUT2D eigenvalue weighted by Crippen LogP contribution is 2.15. The Morgan fingerprint density at radius 1 is 1.58 bits per heavy atom. The van der Waals surface area contributed by atoms with E-state index in [1.165, 1.54) is 11.3 Å². The highest BCUT2D eigenvalue weighted by molar-refractivity contribution is 7.99. The van der Waals surface area contributed by atoms with Crippen LogP contribution in [0.2, 0.25) is 0 Å². The van der Waals surface area contributed by atoms with Gasteiger partial charge in [0.05, 0.1) is 16.4 Å². The van der Waals surface area contributed by atoms with Gasteiger partial charge in [-0.25, -0.2) is 0 Å². The van der Waals surface area contributed by atoms with E-state index >= 15 is 0 Å². The first-order valence-corrected chi connectivity index (χ1v) is 8.28. The molecular weight excluding hydrogens is 278 g/mol. The number of rotatable bonds is 6. The van der Waals surface area contributed by atoms with Gasteiger partial charge in [-0.15, -0.1) is 11.3 Å². The van der Waals surface area contributed by atoms with Crippen molar-refractivity contribution in [3.05, 3.63) is 21.9 Å². The predicted molar refractivity (Wildman–Crippen MR) is 82.8 cm³/mol. The number of aliphatic hydroxyl groups excluding tert-OH is 1. The molecule has 0 aliphatic carbocycles. The van der Waals surface area contributed by atoms with Gasteiger partial charge in [0.15, 0.2) is 0 Å². The van der Waals surface area contributed by atoms with E-state index in [1.54, 1.807) is 17.8 Å². The number of nitrogens with one attached hydrogen (secondary N) is 1. The van der Waals surface area contributed by atoms with Crippen LogP contribution in [-0.4, -0.2) is 35.7 Å². The highest BCUT2D eigenvalue weighted by Gasteiger charge is 2.08. The second kappa shape index (κ2) is 9.03. The van der Waals surface area contributed by atoms with Crippen molar-refractivity contribution in [1.29, 1.82) is 0 Å². The second-order valence-corrected chi connectivity index (χ2v) is 6.39. The molecule has 0 fully saturated rings. The second-order valence-electron chi connectivity index (χ2n) is 4.03. The third-order valence-corrected chi connectivity index (χ3v) is 4.56. The minimum atomic E-state index is -0.0338. The van der Waals surface area contributed by atoms with Crippen LogP contribution in [0, 0.1) is 11.8 Å². The van der Waals surface area contributed by atoms with Gasteiger partial charge in [-0.2, -0.15) is 11.8 Å². The molecule has 2 N–H and O–H groups in total. The third kappa shape index (κ3) is 6.15. The summed E-state index contributed by atoms with van der Waals surface area (Å²) in [7, 11) is 0. The maximum Gasteiger partial charge on any atom is 0.261 e. The number of hydrogen-bond donors (Lipinski definition) is 2. The summed E-state index contributed by atoms with van der Waals surface area (Å²) < 4.78 is 0. The van der Waals surface area contributed by atoms with Crippen LogP contribution in [0.5, 0.6) is 0 Å². The molecule has 1 atom stereocenters. The van der Waals surface area contributed by atoms with Gasteiger partial charge in [-0.3, -0.25) is 4.79 Å². The molecule has 0 saturated heterocycles. The van der Waals surface area contributed by atoms with Crippen molar-refractivity contribution in [2.24, 2.45) is 0 Å². The SMILES string of the molecule is CSC(C)CCNC(=O)c1ccc(C#CCCO)s1. The lowest BCUT2D eigenvalue weighted by Crippen LogP contribution is -2.25. The van der Waals surface area contributed by atoms with Crippen LogP contribution in [0.4, 0.5) is 0 Å². The fraction of sp³-hybridized carbons (Fsp3) is 0.500. The van der Waals surface area contributed by atoms with Crippen LogP contribution in [0.25, 0.3) is 0 Å². The van der Waals surface area contributed by atoms with Gasteiger partial charge in [0.1, 0.15) is 0 Å². The zero-order valence-corrected chi connectivity index (χ0v) is 12.9. The van der Waals surface area contributed by atoms with E-state index < -0.39 is 0 Å². The van der Waals surface area contributed by atoms with E-state index in [1.807, 2.05) is 6.07 Å². The molecule has 5 heteroatoms. The fourth-order valence-corrected chi connectivity index (χ4v) is 2.48. The summed E-state index contributed by atoms with van der Waals surface area (Å²) in [6.45, 7) is 2.92. The lowest BCUT2D eigenvalue weighted by molar-refractivity contribution is 0.0957. The first-order chi connectivity index (χ1) is 9.17. The van der Waals surface area contributed by atoms with Crippen LogP contribution < -0.4 is 5.32 Å². The number of aliphatic hydroxyl groups is 1.